The second-order valence-electron chi connectivity index (χ2n) is 36.4. The van der Waals surface area contributed by atoms with Crippen molar-refractivity contribution < 1.29 is 0 Å². The van der Waals surface area contributed by atoms with E-state index >= 15 is 0 Å². The van der Waals surface area contributed by atoms with Crippen LogP contribution in [0.1, 0.15) is 177 Å². The van der Waals surface area contributed by atoms with Crippen molar-refractivity contribution in [3.05, 3.63) is 346 Å². The number of anilines is 3. The maximum atomic E-state index is 2.82. The third-order valence-electron chi connectivity index (χ3n) is 24.1. The Morgan fingerprint density at radius 1 is 0.264 bits per heavy atom. The van der Waals surface area contributed by atoms with Gasteiger partial charge in [0.05, 0.1) is 28.1 Å². The summed E-state index contributed by atoms with van der Waals surface area (Å²) in [5.74, 6) is -0.488. The predicted octanol–water partition coefficient (Wildman–Crippen LogP) is 30.8. The maximum absolute atomic E-state index is 2.82. The number of benzene rings is 14. The van der Waals surface area contributed by atoms with E-state index in [9.17, 15) is 0 Å². The van der Waals surface area contributed by atoms with Crippen LogP contribution in [0.2, 0.25) is 0 Å². The summed E-state index contributed by atoms with van der Waals surface area (Å²) in [6.45, 7) is 35.6. The third-order valence-corrected chi connectivity index (χ3v) is 26.5. The minimum Gasteiger partial charge on any atom is -0.309 e. The van der Waals surface area contributed by atoms with Gasteiger partial charge in [0.15, 0.2) is 0 Å². The fraction of sp³-hybridized carbons (Fsp3) is 0.208. The van der Waals surface area contributed by atoms with Crippen molar-refractivity contribution in [2.45, 2.75) is 143 Å². The van der Waals surface area contributed by atoms with Crippen molar-refractivity contribution in [3.63, 3.8) is 0 Å². The molecule has 110 heavy (non-hydrogen) atoms. The SMILES string of the molecule is CC(C)(C)c1cc(-c2ccc3c(c2)C2c4ccc(-n5c6ccc(C(C)(C)C)cc6c6cc(C(C)(C)C)ccc65)cc4N(c4c(-c5ccccc5)cc5c(sc6ccccc65)c4-c4ccccc4)c4cc(C(C)(C)C)cc(c42)C3c2c(-c3ccccc3)cc3c(sc4ccccc43)c2-c2ccccc2)cc(C(C)(C)C)c1. The zero-order valence-corrected chi connectivity index (χ0v) is 67.6. The van der Waals surface area contributed by atoms with E-state index in [1.807, 2.05) is 22.7 Å². The second kappa shape index (κ2) is 25.3. The summed E-state index contributed by atoms with van der Waals surface area (Å²) in [7, 11) is 0. The molecule has 2 nitrogen and oxygen atoms in total. The van der Waals surface area contributed by atoms with Gasteiger partial charge in [-0.25, -0.2) is 0 Å². The van der Waals surface area contributed by atoms with Gasteiger partial charge >= 0.3 is 0 Å². The van der Waals surface area contributed by atoms with E-state index in [4.69, 9.17) is 0 Å². The lowest BCUT2D eigenvalue weighted by Crippen LogP contribution is -2.30. The van der Waals surface area contributed by atoms with Gasteiger partial charge in [0.1, 0.15) is 0 Å². The van der Waals surface area contributed by atoms with Crippen molar-refractivity contribution in [2.75, 3.05) is 4.90 Å². The van der Waals surface area contributed by atoms with E-state index in [0.717, 1.165) is 5.69 Å². The van der Waals surface area contributed by atoms with Gasteiger partial charge in [-0.1, -0.05) is 316 Å². The Balaban J connectivity index is 1.02. The molecule has 0 saturated carbocycles. The molecule has 540 valence electrons. The summed E-state index contributed by atoms with van der Waals surface area (Å²) in [5.41, 5.74) is 33.2. The van der Waals surface area contributed by atoms with Gasteiger partial charge in [0.2, 0.25) is 0 Å². The van der Waals surface area contributed by atoms with Crippen LogP contribution in [0.15, 0.2) is 285 Å². The molecule has 1 aliphatic carbocycles. The Morgan fingerprint density at radius 2 is 0.709 bits per heavy atom. The molecule has 0 saturated heterocycles. The van der Waals surface area contributed by atoms with Crippen molar-refractivity contribution >= 4 is 102 Å². The molecule has 4 heterocycles. The summed E-state index contributed by atoms with van der Waals surface area (Å²) < 4.78 is 7.75. The topological polar surface area (TPSA) is 8.17 Å². The summed E-state index contributed by atoms with van der Waals surface area (Å²) in [6.07, 6.45) is 0. The van der Waals surface area contributed by atoms with Gasteiger partial charge in [-0.3, -0.25) is 0 Å². The molecule has 4 heteroatoms. The van der Waals surface area contributed by atoms with E-state index in [1.54, 1.807) is 0 Å². The molecule has 3 aromatic heterocycles. The first-order valence-corrected chi connectivity index (χ1v) is 41.1. The number of thiophene rings is 2. The fourth-order valence-electron chi connectivity index (χ4n) is 18.1. The highest BCUT2D eigenvalue weighted by atomic mass is 32.1. The Bertz CT molecular complexity index is 6480. The summed E-state index contributed by atoms with van der Waals surface area (Å²) >= 11 is 3.87. The summed E-state index contributed by atoms with van der Waals surface area (Å²) in [4.78, 5) is 2.82. The number of hydrogen-bond acceptors (Lipinski definition) is 3. The molecule has 1 aliphatic heterocycles. The van der Waals surface area contributed by atoms with Crippen LogP contribution in [-0.2, 0) is 27.1 Å². The average Bonchev–Trinajstić information content (AvgIpc) is 0.835. The Labute approximate surface area is 657 Å². The van der Waals surface area contributed by atoms with Crippen molar-refractivity contribution in [3.8, 4) is 61.3 Å². The minimum atomic E-state index is -0.312. The Morgan fingerprint density at radius 3 is 1.24 bits per heavy atom. The number of rotatable bonds is 8. The molecule has 14 aromatic carbocycles. The molecule has 0 radical (unpaired) electrons. The lowest BCUT2D eigenvalue weighted by atomic mass is 9.63. The summed E-state index contributed by atoms with van der Waals surface area (Å²) in [6, 6.07) is 112. The number of aromatic nitrogens is 1. The van der Waals surface area contributed by atoms with Crippen molar-refractivity contribution in [2.24, 2.45) is 0 Å². The number of nitrogens with zero attached hydrogens (tertiary/aromatic N) is 2. The summed E-state index contributed by atoms with van der Waals surface area (Å²) in [5, 5.41) is 7.66. The Hall–Kier alpha value is -10.9. The maximum Gasteiger partial charge on any atom is 0.0633 e. The highest BCUT2D eigenvalue weighted by Gasteiger charge is 2.46. The monoisotopic (exact) mass is 1460 g/mol. The van der Waals surface area contributed by atoms with Crippen molar-refractivity contribution in [1.82, 2.24) is 4.57 Å². The van der Waals surface area contributed by atoms with Crippen LogP contribution >= 0.6 is 22.7 Å². The van der Waals surface area contributed by atoms with E-state index in [-0.39, 0.29) is 38.9 Å². The normalized spacial score (nSPS) is 14.7. The van der Waals surface area contributed by atoms with Crippen LogP contribution in [0, 0.1) is 0 Å². The average molecular weight is 1460 g/mol. The molecule has 0 N–H and O–H groups in total. The Kier molecular flexibility index (Phi) is 16.0. The first-order valence-electron chi connectivity index (χ1n) is 39.4. The van der Waals surface area contributed by atoms with Crippen LogP contribution in [0.5, 0.6) is 0 Å². The fourth-order valence-corrected chi connectivity index (χ4v) is 20.7. The van der Waals surface area contributed by atoms with E-state index < -0.39 is 0 Å². The largest absolute Gasteiger partial charge is 0.309 e. The zero-order chi connectivity index (χ0) is 75.8. The third kappa shape index (κ3) is 11.4. The van der Waals surface area contributed by atoms with Crippen LogP contribution in [0.25, 0.3) is 123 Å². The van der Waals surface area contributed by atoms with Crippen LogP contribution in [0.4, 0.5) is 17.1 Å². The molecule has 0 fully saturated rings. The highest BCUT2D eigenvalue weighted by molar-refractivity contribution is 7.26. The van der Waals surface area contributed by atoms with E-state index in [2.05, 4.69) is 398 Å². The van der Waals surface area contributed by atoms with Gasteiger partial charge in [-0.15, -0.1) is 22.7 Å². The quantitative estimate of drug-likeness (QED) is 0.147. The van der Waals surface area contributed by atoms with Gasteiger partial charge in [0, 0.05) is 85.3 Å². The zero-order valence-electron chi connectivity index (χ0n) is 66.0. The first-order chi connectivity index (χ1) is 52.7. The standard InChI is InChI=1S/C106H94N2S2/c1-102(2,3)69-45-50-87-81(56-69)82-57-70(103(4,5)6)46-51-88(82)107(87)74-47-49-78-89(60-74)108(99-80(64-34-22-17-23-35-64)62-85-76-41-29-31-43-92(76)110-101(85)94(99)66-38-26-19-27-39-66)90-59-73(106(13,14)15)58-86-95(77-48-44-67(54-83(77)96(78)97(86)90)68-52-71(104(7,8)9)55-72(53-68)105(10,11)12)98-79(63-32-20-16-21-33-63)61-84-75-40-28-30-42-91(75)109-100(84)93(98)65-36-24-18-25-37-65/h16-62,95-96H,1-15H3. The molecular weight excluding hydrogens is 1370 g/mol. The molecule has 19 rings (SSSR count). The van der Waals surface area contributed by atoms with Gasteiger partial charge in [0.25, 0.3) is 0 Å². The molecule has 2 atom stereocenters. The van der Waals surface area contributed by atoms with Crippen LogP contribution in [-0.4, -0.2) is 4.57 Å². The van der Waals surface area contributed by atoms with Gasteiger partial charge in [-0.05, 0) is 200 Å². The molecule has 2 aliphatic rings. The second-order valence-corrected chi connectivity index (χ2v) is 38.5. The first kappa shape index (κ1) is 69.6. The number of hydrogen-bond donors (Lipinski definition) is 0. The van der Waals surface area contributed by atoms with Gasteiger partial charge < -0.3 is 9.47 Å². The molecule has 0 spiro atoms. The van der Waals surface area contributed by atoms with Gasteiger partial charge in [-0.2, -0.15) is 0 Å². The van der Waals surface area contributed by atoms with E-state index in [1.165, 1.54) is 196 Å². The highest BCUT2D eigenvalue weighted by Crippen LogP contribution is 2.65. The molecule has 2 unspecified atom stereocenters. The lowest BCUT2D eigenvalue weighted by molar-refractivity contribution is 0.569. The van der Waals surface area contributed by atoms with Crippen LogP contribution in [0.3, 0.4) is 0 Å². The smallest absolute Gasteiger partial charge is 0.0633 e. The van der Waals surface area contributed by atoms with E-state index in [0.29, 0.717) is 0 Å². The molecular formula is C106H94N2S2. The molecule has 0 bridgehead atoms. The lowest BCUT2D eigenvalue weighted by Gasteiger charge is -2.46. The number of fused-ring (bicyclic) bond motifs is 13. The predicted molar refractivity (Wildman–Crippen MR) is 477 cm³/mol. The molecule has 0 amide bonds. The van der Waals surface area contributed by atoms with Crippen LogP contribution < -0.4 is 4.90 Å². The minimum absolute atomic E-state index is 0.0613. The van der Waals surface area contributed by atoms with Crippen molar-refractivity contribution in [1.29, 1.82) is 0 Å². The molecule has 17 aromatic rings.